The summed E-state index contributed by atoms with van der Waals surface area (Å²) < 4.78 is 4.55. The van der Waals surface area contributed by atoms with Crippen molar-refractivity contribution < 1.29 is 9.53 Å². The maximum absolute atomic E-state index is 10.9. The van der Waals surface area contributed by atoms with Gasteiger partial charge in [-0.25, -0.2) is 0 Å². The third-order valence-electron chi connectivity index (χ3n) is 1.98. The molecule has 0 saturated heterocycles. The molecule has 0 amide bonds. The molecule has 74 valence electrons. The molecule has 1 atom stereocenters. The van der Waals surface area contributed by atoms with Crippen molar-refractivity contribution in [3.05, 3.63) is 0 Å². The Hall–Kier alpha value is -1.08. The lowest BCUT2D eigenvalue weighted by molar-refractivity contribution is -0.142. The van der Waals surface area contributed by atoms with Crippen molar-refractivity contribution in [2.45, 2.75) is 26.3 Å². The smallest absolute Gasteiger partial charge is 0.319 e. The lowest BCUT2D eigenvalue weighted by Gasteiger charge is -2.24. The largest absolute Gasteiger partial charge is 0.468 e. The minimum absolute atomic E-state index is 0.106. The van der Waals surface area contributed by atoms with Gasteiger partial charge in [0.2, 0.25) is 0 Å². The van der Waals surface area contributed by atoms with E-state index < -0.39 is 0 Å². The monoisotopic (exact) mass is 184 g/mol. The van der Waals surface area contributed by atoms with E-state index in [0.717, 1.165) is 6.54 Å². The Balaban J connectivity index is 4.02. The molecule has 0 aromatic rings. The van der Waals surface area contributed by atoms with Crippen LogP contribution in [0.4, 0.5) is 0 Å². The van der Waals surface area contributed by atoms with Crippen molar-refractivity contribution in [2.24, 2.45) is 0 Å². The van der Waals surface area contributed by atoms with Gasteiger partial charge in [0.15, 0.2) is 0 Å². The molecule has 0 aliphatic rings. The summed E-state index contributed by atoms with van der Waals surface area (Å²) in [6.07, 6.45) is 0.435. The third kappa shape index (κ3) is 4.48. The summed E-state index contributed by atoms with van der Waals surface area (Å²) in [5.74, 6) is -0.258. The molecule has 1 unspecified atom stereocenters. The fourth-order valence-corrected chi connectivity index (χ4v) is 1.07. The van der Waals surface area contributed by atoms with Gasteiger partial charge in [-0.1, -0.05) is 6.92 Å². The summed E-state index contributed by atoms with van der Waals surface area (Å²) in [4.78, 5) is 12.9. The summed E-state index contributed by atoms with van der Waals surface area (Å²) in [5.41, 5.74) is 0. The van der Waals surface area contributed by atoms with Crippen molar-refractivity contribution in [1.29, 1.82) is 5.26 Å². The highest BCUT2D eigenvalue weighted by Gasteiger charge is 2.15. The van der Waals surface area contributed by atoms with Crippen LogP contribution in [-0.2, 0) is 9.53 Å². The summed E-state index contributed by atoms with van der Waals surface area (Å²) in [6, 6.07) is 2.19. The predicted octanol–water partition coefficient (Wildman–Crippen LogP) is 0.783. The second-order valence-corrected chi connectivity index (χ2v) is 2.85. The van der Waals surface area contributed by atoms with Crippen LogP contribution in [0, 0.1) is 11.3 Å². The highest BCUT2D eigenvalue weighted by molar-refractivity contribution is 5.71. The first-order chi connectivity index (χ1) is 6.15. The van der Waals surface area contributed by atoms with E-state index in [0.29, 0.717) is 6.42 Å². The number of carbonyl (C=O) groups excluding carboxylic acids is 1. The summed E-state index contributed by atoms with van der Waals surface area (Å²) in [6.45, 7) is 4.89. The molecule has 0 spiro atoms. The van der Waals surface area contributed by atoms with Crippen molar-refractivity contribution >= 4 is 5.97 Å². The number of hydrogen-bond donors (Lipinski definition) is 0. The molecule has 13 heavy (non-hydrogen) atoms. The van der Waals surface area contributed by atoms with Crippen LogP contribution in [-0.4, -0.2) is 37.1 Å². The predicted molar refractivity (Wildman–Crippen MR) is 49.0 cm³/mol. The number of nitriles is 1. The number of nitrogens with zero attached hydrogens (tertiary/aromatic N) is 2. The number of esters is 1. The molecule has 0 fully saturated rings. The first-order valence-corrected chi connectivity index (χ1v) is 4.33. The summed E-state index contributed by atoms with van der Waals surface area (Å²) in [7, 11) is 1.37. The highest BCUT2D eigenvalue weighted by Crippen LogP contribution is 2.02. The minimum atomic E-state index is -0.258. The van der Waals surface area contributed by atoms with Gasteiger partial charge in [-0.3, -0.25) is 9.69 Å². The Morgan fingerprint density at radius 3 is 2.69 bits per heavy atom. The van der Waals surface area contributed by atoms with E-state index in [1.807, 2.05) is 18.7 Å². The van der Waals surface area contributed by atoms with Crippen LogP contribution in [0.15, 0.2) is 0 Å². The van der Waals surface area contributed by atoms with Gasteiger partial charge in [0.05, 0.1) is 26.1 Å². The fourth-order valence-electron chi connectivity index (χ4n) is 1.07. The van der Waals surface area contributed by atoms with Gasteiger partial charge in [-0.2, -0.15) is 5.26 Å². The first-order valence-electron chi connectivity index (χ1n) is 4.33. The maximum Gasteiger partial charge on any atom is 0.319 e. The first kappa shape index (κ1) is 11.9. The van der Waals surface area contributed by atoms with Crippen LogP contribution in [0.1, 0.15) is 20.3 Å². The molecular formula is C9H16N2O2. The van der Waals surface area contributed by atoms with Crippen LogP contribution in [0.2, 0.25) is 0 Å². The Kier molecular flexibility index (Phi) is 5.90. The summed E-state index contributed by atoms with van der Waals surface area (Å²) in [5, 5.41) is 8.48. The topological polar surface area (TPSA) is 53.3 Å². The van der Waals surface area contributed by atoms with E-state index in [1.165, 1.54) is 7.11 Å². The zero-order valence-electron chi connectivity index (χ0n) is 8.41. The van der Waals surface area contributed by atoms with E-state index in [1.54, 1.807) is 0 Å². The van der Waals surface area contributed by atoms with Crippen LogP contribution < -0.4 is 0 Å². The lowest BCUT2D eigenvalue weighted by Crippen LogP contribution is -2.37. The van der Waals surface area contributed by atoms with E-state index >= 15 is 0 Å². The van der Waals surface area contributed by atoms with Gasteiger partial charge in [0.1, 0.15) is 0 Å². The van der Waals surface area contributed by atoms with Crippen molar-refractivity contribution in [3.8, 4) is 6.07 Å². The fraction of sp³-hybridized carbons (Fsp3) is 0.778. The highest BCUT2D eigenvalue weighted by atomic mass is 16.5. The minimum Gasteiger partial charge on any atom is -0.468 e. The quantitative estimate of drug-likeness (QED) is 0.592. The molecule has 4 nitrogen and oxygen atoms in total. The van der Waals surface area contributed by atoms with Crippen LogP contribution in [0.3, 0.4) is 0 Å². The Labute approximate surface area is 79.1 Å². The Morgan fingerprint density at radius 1 is 1.69 bits per heavy atom. The molecule has 0 N–H and O–H groups in total. The van der Waals surface area contributed by atoms with Gasteiger partial charge >= 0.3 is 5.97 Å². The standard InChI is InChI=1S/C9H16N2O2/c1-4-11(7-9(12)13-3)8(2)5-6-10/h8H,4-5,7H2,1-3H3. The molecule has 0 radical (unpaired) electrons. The van der Waals surface area contributed by atoms with Crippen LogP contribution in [0.5, 0.6) is 0 Å². The molecule has 0 aliphatic heterocycles. The number of rotatable bonds is 5. The van der Waals surface area contributed by atoms with Crippen LogP contribution >= 0.6 is 0 Å². The van der Waals surface area contributed by atoms with E-state index in [-0.39, 0.29) is 18.6 Å². The number of hydrogen-bond acceptors (Lipinski definition) is 4. The van der Waals surface area contributed by atoms with E-state index in [2.05, 4.69) is 10.8 Å². The molecule has 4 heteroatoms. The van der Waals surface area contributed by atoms with Gasteiger partial charge in [0, 0.05) is 6.04 Å². The van der Waals surface area contributed by atoms with Crippen molar-refractivity contribution in [1.82, 2.24) is 4.90 Å². The molecule has 0 aromatic carbocycles. The number of ether oxygens (including phenoxy) is 1. The molecule has 0 heterocycles. The zero-order chi connectivity index (χ0) is 10.3. The number of carbonyl (C=O) groups is 1. The normalized spacial score (nSPS) is 12.2. The van der Waals surface area contributed by atoms with Gasteiger partial charge in [-0.15, -0.1) is 0 Å². The zero-order valence-corrected chi connectivity index (χ0v) is 8.41. The Morgan fingerprint density at radius 2 is 2.31 bits per heavy atom. The second-order valence-electron chi connectivity index (χ2n) is 2.85. The summed E-state index contributed by atoms with van der Waals surface area (Å²) >= 11 is 0. The number of methoxy groups -OCH3 is 1. The second kappa shape index (κ2) is 6.44. The Bertz CT molecular complexity index is 198. The number of likely N-dealkylation sites (N-methyl/N-ethyl adjacent to an activating group) is 1. The molecule has 0 rings (SSSR count). The van der Waals surface area contributed by atoms with Gasteiger partial charge in [0.25, 0.3) is 0 Å². The average Bonchev–Trinajstić information content (AvgIpc) is 2.14. The van der Waals surface area contributed by atoms with Gasteiger partial charge < -0.3 is 4.74 Å². The molecule has 0 bridgehead atoms. The SMILES string of the molecule is CCN(CC(=O)OC)C(C)CC#N. The van der Waals surface area contributed by atoms with Crippen molar-refractivity contribution in [2.75, 3.05) is 20.2 Å². The average molecular weight is 184 g/mol. The third-order valence-corrected chi connectivity index (χ3v) is 1.98. The van der Waals surface area contributed by atoms with Gasteiger partial charge in [-0.05, 0) is 13.5 Å². The maximum atomic E-state index is 10.9. The molecule has 0 saturated carbocycles. The molecule has 0 aliphatic carbocycles. The molecule has 0 aromatic heterocycles. The lowest BCUT2D eigenvalue weighted by atomic mass is 10.2. The van der Waals surface area contributed by atoms with Crippen molar-refractivity contribution in [3.63, 3.8) is 0 Å². The van der Waals surface area contributed by atoms with Crippen LogP contribution in [0.25, 0.3) is 0 Å². The van der Waals surface area contributed by atoms with E-state index in [4.69, 9.17) is 5.26 Å². The molecular weight excluding hydrogens is 168 g/mol. The van der Waals surface area contributed by atoms with E-state index in [9.17, 15) is 4.79 Å².